The molecule has 3 aromatic carbocycles. The molecule has 0 radical (unpaired) electrons. The average molecular weight is 461 g/mol. The molecule has 2 aromatic heterocycles. The Morgan fingerprint density at radius 2 is 1.57 bits per heavy atom. The van der Waals surface area contributed by atoms with Gasteiger partial charge in [-0.2, -0.15) is 5.21 Å². The number of H-pyrrole nitrogens is 1. The van der Waals surface area contributed by atoms with Gasteiger partial charge >= 0.3 is 5.69 Å². The summed E-state index contributed by atoms with van der Waals surface area (Å²) in [6.45, 7) is 2.83. The number of hydrogen-bond acceptors (Lipinski definition) is 4. The number of aromatic nitrogens is 6. The maximum absolute atomic E-state index is 13.3. The molecule has 0 spiro atoms. The van der Waals surface area contributed by atoms with Crippen molar-refractivity contribution < 1.29 is 0 Å². The molecule has 7 nitrogen and oxygen atoms in total. The van der Waals surface area contributed by atoms with Gasteiger partial charge in [-0.15, -0.1) is 16.1 Å². The fourth-order valence-electron chi connectivity index (χ4n) is 4.14. The molecule has 0 bridgehead atoms. The highest BCUT2D eigenvalue weighted by Crippen LogP contribution is 2.29. The topological polar surface area (TPSA) is 81.4 Å². The third-order valence-electron chi connectivity index (χ3n) is 5.89. The molecule has 0 saturated heterocycles. The summed E-state index contributed by atoms with van der Waals surface area (Å²) in [6.07, 6.45) is 2.46. The van der Waals surface area contributed by atoms with Crippen LogP contribution in [0.15, 0.2) is 89.9 Å². The second-order valence-corrected chi connectivity index (χ2v) is 8.18. The van der Waals surface area contributed by atoms with E-state index in [9.17, 15) is 4.79 Å². The fraction of sp³-hybridized carbons (Fsp3) is 0.143. The lowest BCUT2D eigenvalue weighted by molar-refractivity contribution is 0.674. The zero-order valence-electron chi connectivity index (χ0n) is 19.3. The van der Waals surface area contributed by atoms with Gasteiger partial charge in [0.1, 0.15) is 0 Å². The third-order valence-corrected chi connectivity index (χ3v) is 5.89. The fourth-order valence-corrected chi connectivity index (χ4v) is 4.14. The molecule has 0 aliphatic heterocycles. The lowest BCUT2D eigenvalue weighted by Crippen LogP contribution is -2.26. The molecule has 2 heterocycles. The monoisotopic (exact) mass is 460 g/mol. The minimum absolute atomic E-state index is 0.0340. The summed E-state index contributed by atoms with van der Waals surface area (Å²) >= 11 is 0. The Bertz CT molecular complexity index is 1540. The lowest BCUT2D eigenvalue weighted by atomic mass is 9.98. The molecule has 5 aromatic rings. The van der Waals surface area contributed by atoms with Crippen molar-refractivity contribution in [3.05, 3.63) is 112 Å². The van der Waals surface area contributed by atoms with E-state index in [-0.39, 0.29) is 5.69 Å². The molecular weight excluding hydrogens is 436 g/mol. The van der Waals surface area contributed by atoms with Gasteiger partial charge in [-0.25, -0.2) is 4.79 Å². The SMILES string of the molecule is CC#CCc1cn(Cc2ccccc2)c(=O)n1Cc1ccc(-c2ccccc2-c2nn[nH]n2)cc1. The molecule has 172 valence electrons. The van der Waals surface area contributed by atoms with Crippen molar-refractivity contribution in [1.29, 1.82) is 0 Å². The Morgan fingerprint density at radius 3 is 2.29 bits per heavy atom. The van der Waals surface area contributed by atoms with E-state index in [1.54, 1.807) is 4.57 Å². The quantitative estimate of drug-likeness (QED) is 0.370. The zero-order chi connectivity index (χ0) is 24.0. The van der Waals surface area contributed by atoms with E-state index in [0.29, 0.717) is 25.3 Å². The molecular formula is C28H24N6O. The second kappa shape index (κ2) is 10.1. The summed E-state index contributed by atoms with van der Waals surface area (Å²) in [5.74, 6) is 6.59. The molecule has 0 unspecified atom stereocenters. The largest absolute Gasteiger partial charge is 0.328 e. The van der Waals surface area contributed by atoms with Gasteiger partial charge in [-0.05, 0) is 34.4 Å². The van der Waals surface area contributed by atoms with Crippen LogP contribution in [0, 0.1) is 11.8 Å². The number of rotatable bonds is 7. The predicted molar refractivity (Wildman–Crippen MR) is 136 cm³/mol. The Labute approximate surface area is 203 Å². The van der Waals surface area contributed by atoms with Crippen LogP contribution in [0.1, 0.15) is 23.7 Å². The van der Waals surface area contributed by atoms with Crippen LogP contribution in [0.5, 0.6) is 0 Å². The summed E-state index contributed by atoms with van der Waals surface area (Å²) in [4.78, 5) is 13.3. The molecule has 35 heavy (non-hydrogen) atoms. The van der Waals surface area contributed by atoms with Crippen LogP contribution in [-0.2, 0) is 19.5 Å². The maximum Gasteiger partial charge on any atom is 0.328 e. The highest BCUT2D eigenvalue weighted by atomic mass is 16.1. The van der Waals surface area contributed by atoms with Gasteiger partial charge in [0, 0.05) is 11.8 Å². The van der Waals surface area contributed by atoms with Crippen molar-refractivity contribution in [2.45, 2.75) is 26.4 Å². The van der Waals surface area contributed by atoms with E-state index < -0.39 is 0 Å². The van der Waals surface area contributed by atoms with E-state index in [1.807, 2.05) is 72.3 Å². The van der Waals surface area contributed by atoms with Crippen molar-refractivity contribution in [1.82, 2.24) is 29.8 Å². The summed E-state index contributed by atoms with van der Waals surface area (Å²) in [5.41, 5.74) is 5.97. The Morgan fingerprint density at radius 1 is 0.857 bits per heavy atom. The van der Waals surface area contributed by atoms with Crippen LogP contribution in [0.2, 0.25) is 0 Å². The summed E-state index contributed by atoms with van der Waals surface area (Å²) in [5, 5.41) is 14.4. The zero-order valence-corrected chi connectivity index (χ0v) is 19.3. The standard InChI is InChI=1S/C28H24N6O/c1-2-3-11-24-20-33(18-21-9-5-4-6-10-21)28(35)34(24)19-22-14-16-23(17-15-22)25-12-7-8-13-26(25)27-29-31-32-30-27/h4-10,12-17,20H,11,18-19H2,1H3,(H,29,30,31,32). The van der Waals surface area contributed by atoms with Crippen molar-refractivity contribution in [3.8, 4) is 34.4 Å². The Hall–Kier alpha value is -4.70. The van der Waals surface area contributed by atoms with Crippen LogP contribution < -0.4 is 5.69 Å². The minimum Gasteiger partial charge on any atom is -0.294 e. The maximum atomic E-state index is 13.3. The molecule has 0 amide bonds. The van der Waals surface area contributed by atoms with Gasteiger partial charge in [-0.1, -0.05) is 84.8 Å². The molecule has 0 atom stereocenters. The summed E-state index contributed by atoms with van der Waals surface area (Å²) < 4.78 is 3.58. The predicted octanol–water partition coefficient (Wildman–Crippen LogP) is 4.16. The Balaban J connectivity index is 1.44. The molecule has 0 aliphatic carbocycles. The van der Waals surface area contributed by atoms with Gasteiger partial charge in [0.15, 0.2) is 0 Å². The first-order valence-corrected chi connectivity index (χ1v) is 11.4. The number of aromatic amines is 1. The number of hydrogen-bond donors (Lipinski definition) is 1. The van der Waals surface area contributed by atoms with Gasteiger partial charge in [0.05, 0.1) is 25.2 Å². The van der Waals surface area contributed by atoms with Crippen molar-refractivity contribution >= 4 is 0 Å². The highest BCUT2D eigenvalue weighted by Gasteiger charge is 2.13. The normalized spacial score (nSPS) is 10.7. The molecule has 7 heteroatoms. The van der Waals surface area contributed by atoms with Gasteiger partial charge in [0.25, 0.3) is 0 Å². The van der Waals surface area contributed by atoms with Crippen molar-refractivity contribution in [3.63, 3.8) is 0 Å². The van der Waals surface area contributed by atoms with E-state index in [1.165, 1.54) is 0 Å². The second-order valence-electron chi connectivity index (χ2n) is 8.18. The first kappa shape index (κ1) is 22.1. The first-order chi connectivity index (χ1) is 17.2. The van der Waals surface area contributed by atoms with Crippen LogP contribution in [-0.4, -0.2) is 29.8 Å². The van der Waals surface area contributed by atoms with E-state index in [2.05, 4.69) is 56.7 Å². The van der Waals surface area contributed by atoms with Crippen LogP contribution >= 0.6 is 0 Å². The smallest absolute Gasteiger partial charge is 0.294 e. The van der Waals surface area contributed by atoms with Crippen LogP contribution in [0.25, 0.3) is 22.5 Å². The molecule has 1 N–H and O–H groups in total. The van der Waals surface area contributed by atoms with Gasteiger partial charge < -0.3 is 0 Å². The molecule has 0 aliphatic rings. The summed E-state index contributed by atoms with van der Waals surface area (Å²) in [6, 6.07) is 26.2. The number of nitrogens with zero attached hydrogens (tertiary/aromatic N) is 5. The van der Waals surface area contributed by atoms with E-state index in [0.717, 1.165) is 33.5 Å². The molecule has 5 rings (SSSR count). The van der Waals surface area contributed by atoms with Crippen LogP contribution in [0.4, 0.5) is 0 Å². The van der Waals surface area contributed by atoms with Crippen LogP contribution in [0.3, 0.4) is 0 Å². The first-order valence-electron chi connectivity index (χ1n) is 11.4. The van der Waals surface area contributed by atoms with Gasteiger partial charge in [-0.3, -0.25) is 9.13 Å². The lowest BCUT2D eigenvalue weighted by Gasteiger charge is -2.09. The minimum atomic E-state index is -0.0340. The third kappa shape index (κ3) is 4.82. The van der Waals surface area contributed by atoms with E-state index in [4.69, 9.17) is 0 Å². The average Bonchev–Trinajstić information content (AvgIpc) is 3.54. The number of imidazole rings is 1. The molecule has 0 fully saturated rings. The number of nitrogens with one attached hydrogen (secondary N) is 1. The van der Waals surface area contributed by atoms with Crippen molar-refractivity contribution in [2.24, 2.45) is 0 Å². The van der Waals surface area contributed by atoms with E-state index >= 15 is 0 Å². The number of benzene rings is 3. The Kier molecular flexibility index (Phi) is 6.35. The highest BCUT2D eigenvalue weighted by molar-refractivity contribution is 5.80. The summed E-state index contributed by atoms with van der Waals surface area (Å²) in [7, 11) is 0. The van der Waals surface area contributed by atoms with Gasteiger partial charge in [0.2, 0.25) is 5.82 Å². The number of tetrazole rings is 1. The van der Waals surface area contributed by atoms with Crippen molar-refractivity contribution in [2.75, 3.05) is 0 Å². The molecule has 0 saturated carbocycles.